The van der Waals surface area contributed by atoms with Crippen LogP contribution in [-0.4, -0.2) is 13.2 Å². The molecule has 0 radical (unpaired) electrons. The highest BCUT2D eigenvalue weighted by Gasteiger charge is 2.13. The van der Waals surface area contributed by atoms with Gasteiger partial charge < -0.3 is 15.2 Å². The van der Waals surface area contributed by atoms with E-state index in [0.717, 1.165) is 30.1 Å². The lowest BCUT2D eigenvalue weighted by molar-refractivity contribution is 0.0647. The Morgan fingerprint density at radius 2 is 2.00 bits per heavy atom. The second kappa shape index (κ2) is 3.56. The Kier molecular flexibility index (Phi) is 2.25. The van der Waals surface area contributed by atoms with E-state index < -0.39 is 0 Å². The Morgan fingerprint density at radius 3 is 2.92 bits per heavy atom. The second-order valence-corrected chi connectivity index (χ2v) is 3.06. The van der Waals surface area contributed by atoms with Gasteiger partial charge in [-0.25, -0.2) is 0 Å². The van der Waals surface area contributed by atoms with Crippen LogP contribution in [0.3, 0.4) is 0 Å². The number of hydrogen-bond acceptors (Lipinski definition) is 3. The van der Waals surface area contributed by atoms with E-state index in [1.54, 1.807) is 0 Å². The molecule has 2 rings (SSSR count). The molecule has 3 nitrogen and oxygen atoms in total. The molecule has 0 aromatic carbocycles. The maximum Gasteiger partial charge on any atom is 0.157 e. The van der Waals surface area contributed by atoms with E-state index in [1.807, 2.05) is 18.2 Å². The lowest BCUT2D eigenvalue weighted by Crippen LogP contribution is -2.13. The number of hydrogen-bond donors (Lipinski definition) is 1. The average Bonchev–Trinajstić information content (AvgIpc) is 2.13. The molecular formula is C10H13NO2. The van der Waals surface area contributed by atoms with Crippen molar-refractivity contribution in [1.82, 2.24) is 0 Å². The van der Waals surface area contributed by atoms with Crippen LogP contribution in [0.5, 0.6) is 0 Å². The van der Waals surface area contributed by atoms with Crippen molar-refractivity contribution in [2.45, 2.75) is 12.8 Å². The maximum absolute atomic E-state index is 5.68. The van der Waals surface area contributed by atoms with Gasteiger partial charge in [-0.15, -0.1) is 0 Å². The number of rotatable bonds is 0. The fourth-order valence-corrected chi connectivity index (χ4v) is 1.41. The summed E-state index contributed by atoms with van der Waals surface area (Å²) in [6, 6.07) is 0. The minimum Gasteiger partial charge on any atom is -0.491 e. The van der Waals surface area contributed by atoms with Gasteiger partial charge in [0.05, 0.1) is 0 Å². The van der Waals surface area contributed by atoms with Gasteiger partial charge in [0.1, 0.15) is 19.0 Å². The van der Waals surface area contributed by atoms with Crippen molar-refractivity contribution in [1.29, 1.82) is 0 Å². The predicted octanol–water partition coefficient (Wildman–Crippen LogP) is 1.44. The number of ether oxygens (including phenoxy) is 2. The summed E-state index contributed by atoms with van der Waals surface area (Å²) in [6.45, 7) is 1.29. The van der Waals surface area contributed by atoms with Crippen molar-refractivity contribution in [3.8, 4) is 0 Å². The first-order chi connectivity index (χ1) is 6.36. The van der Waals surface area contributed by atoms with E-state index in [1.165, 1.54) is 0 Å². The minimum atomic E-state index is 0.632. The van der Waals surface area contributed by atoms with Crippen molar-refractivity contribution in [3.63, 3.8) is 0 Å². The normalized spacial score (nSPS) is 28.5. The van der Waals surface area contributed by atoms with Gasteiger partial charge in [0, 0.05) is 12.1 Å². The SMILES string of the molecule is NC1=C\CCC2=C(/C=C\1)OCCO2. The van der Waals surface area contributed by atoms with Crippen molar-refractivity contribution < 1.29 is 9.47 Å². The highest BCUT2D eigenvalue weighted by atomic mass is 16.6. The Hall–Kier alpha value is -1.38. The van der Waals surface area contributed by atoms with Gasteiger partial charge in [-0.05, 0) is 18.6 Å². The van der Waals surface area contributed by atoms with E-state index in [9.17, 15) is 0 Å². The number of allylic oxidation sites excluding steroid dienone is 4. The molecule has 0 atom stereocenters. The van der Waals surface area contributed by atoms with Crippen LogP contribution in [0.15, 0.2) is 35.4 Å². The van der Waals surface area contributed by atoms with Crippen molar-refractivity contribution in [2.75, 3.05) is 13.2 Å². The zero-order chi connectivity index (χ0) is 9.10. The van der Waals surface area contributed by atoms with Crippen molar-refractivity contribution >= 4 is 0 Å². The maximum atomic E-state index is 5.68. The monoisotopic (exact) mass is 179 g/mol. The van der Waals surface area contributed by atoms with E-state index in [2.05, 4.69) is 0 Å². The zero-order valence-corrected chi connectivity index (χ0v) is 7.45. The van der Waals surface area contributed by atoms with Crippen LogP contribution in [0.25, 0.3) is 0 Å². The van der Waals surface area contributed by atoms with Gasteiger partial charge in [0.2, 0.25) is 0 Å². The van der Waals surface area contributed by atoms with E-state index in [0.29, 0.717) is 13.2 Å². The third kappa shape index (κ3) is 1.86. The molecule has 2 N–H and O–H groups in total. The molecule has 1 heterocycles. The minimum absolute atomic E-state index is 0.632. The summed E-state index contributed by atoms with van der Waals surface area (Å²) in [5, 5.41) is 0. The molecule has 0 unspecified atom stereocenters. The second-order valence-electron chi connectivity index (χ2n) is 3.06. The van der Waals surface area contributed by atoms with Gasteiger partial charge in [0.15, 0.2) is 5.76 Å². The third-order valence-corrected chi connectivity index (χ3v) is 2.07. The van der Waals surface area contributed by atoms with Crippen LogP contribution in [0.1, 0.15) is 12.8 Å². The molecule has 13 heavy (non-hydrogen) atoms. The highest BCUT2D eigenvalue weighted by molar-refractivity contribution is 5.27. The van der Waals surface area contributed by atoms with Crippen LogP contribution < -0.4 is 5.73 Å². The molecule has 0 saturated carbocycles. The lowest BCUT2D eigenvalue weighted by Gasteiger charge is -2.20. The standard InChI is InChI=1S/C10H13NO2/c11-8-2-1-3-9-10(5-4-8)13-7-6-12-9/h2,4-5H,1,3,6-7,11H2/b5-4-,8-2-. The van der Waals surface area contributed by atoms with Gasteiger partial charge >= 0.3 is 0 Å². The van der Waals surface area contributed by atoms with Crippen molar-refractivity contribution in [2.24, 2.45) is 5.73 Å². The van der Waals surface area contributed by atoms with E-state index >= 15 is 0 Å². The molecule has 2 aliphatic rings. The van der Waals surface area contributed by atoms with Crippen LogP contribution in [0, 0.1) is 0 Å². The first kappa shape index (κ1) is 8.23. The Bertz CT molecular complexity index is 289. The average molecular weight is 179 g/mol. The fourth-order valence-electron chi connectivity index (χ4n) is 1.41. The van der Waals surface area contributed by atoms with Crippen LogP contribution in [0.2, 0.25) is 0 Å². The van der Waals surface area contributed by atoms with Gasteiger partial charge in [-0.3, -0.25) is 0 Å². The van der Waals surface area contributed by atoms with Crippen LogP contribution >= 0.6 is 0 Å². The molecule has 1 aliphatic carbocycles. The van der Waals surface area contributed by atoms with E-state index in [-0.39, 0.29) is 0 Å². The largest absolute Gasteiger partial charge is 0.491 e. The lowest BCUT2D eigenvalue weighted by atomic mass is 10.1. The molecule has 0 aromatic rings. The quantitative estimate of drug-likeness (QED) is 0.612. The molecule has 0 saturated heterocycles. The Labute approximate surface area is 77.5 Å². The summed E-state index contributed by atoms with van der Waals surface area (Å²) in [7, 11) is 0. The molecule has 1 aliphatic heterocycles. The molecule has 0 amide bonds. The molecule has 0 bridgehead atoms. The molecule has 0 aromatic heterocycles. The molecule has 70 valence electrons. The summed E-state index contributed by atoms with van der Waals surface area (Å²) in [5.41, 5.74) is 6.47. The van der Waals surface area contributed by atoms with Crippen molar-refractivity contribution in [3.05, 3.63) is 35.4 Å². The van der Waals surface area contributed by atoms with Crippen LogP contribution in [0.4, 0.5) is 0 Å². The van der Waals surface area contributed by atoms with E-state index in [4.69, 9.17) is 15.2 Å². The molecule has 0 fully saturated rings. The Morgan fingerprint density at radius 1 is 1.15 bits per heavy atom. The van der Waals surface area contributed by atoms with Gasteiger partial charge in [-0.2, -0.15) is 0 Å². The molecular weight excluding hydrogens is 166 g/mol. The first-order valence-corrected chi connectivity index (χ1v) is 4.49. The smallest absolute Gasteiger partial charge is 0.157 e. The Balaban J connectivity index is 2.23. The topological polar surface area (TPSA) is 44.5 Å². The zero-order valence-electron chi connectivity index (χ0n) is 7.45. The van der Waals surface area contributed by atoms with Crippen LogP contribution in [-0.2, 0) is 9.47 Å². The third-order valence-electron chi connectivity index (χ3n) is 2.07. The predicted molar refractivity (Wildman–Crippen MR) is 49.6 cm³/mol. The molecule has 0 spiro atoms. The summed E-state index contributed by atoms with van der Waals surface area (Å²) in [4.78, 5) is 0. The summed E-state index contributed by atoms with van der Waals surface area (Å²) in [5.74, 6) is 1.79. The summed E-state index contributed by atoms with van der Waals surface area (Å²) < 4.78 is 10.9. The highest BCUT2D eigenvalue weighted by Crippen LogP contribution is 2.21. The van der Waals surface area contributed by atoms with Gasteiger partial charge in [0.25, 0.3) is 0 Å². The first-order valence-electron chi connectivity index (χ1n) is 4.49. The fraction of sp³-hybridized carbons (Fsp3) is 0.400. The summed E-state index contributed by atoms with van der Waals surface area (Å²) in [6.07, 6.45) is 7.51. The molecule has 3 heteroatoms. The van der Waals surface area contributed by atoms with Gasteiger partial charge in [-0.1, -0.05) is 6.08 Å². The summed E-state index contributed by atoms with van der Waals surface area (Å²) >= 11 is 0. The number of nitrogens with two attached hydrogens (primary N) is 1.